The van der Waals surface area contributed by atoms with Gasteiger partial charge in [-0.15, -0.1) is 0 Å². The fourth-order valence-electron chi connectivity index (χ4n) is 2.88. The quantitative estimate of drug-likeness (QED) is 0.290. The van der Waals surface area contributed by atoms with Crippen molar-refractivity contribution in [2.24, 2.45) is 5.11 Å². The van der Waals surface area contributed by atoms with Crippen molar-refractivity contribution in [2.75, 3.05) is 0 Å². The second kappa shape index (κ2) is 8.86. The topological polar surface area (TPSA) is 79.5 Å². The Morgan fingerprint density at radius 2 is 1.86 bits per heavy atom. The molecule has 0 aliphatic rings. The highest BCUT2D eigenvalue weighted by Gasteiger charge is 2.21. The van der Waals surface area contributed by atoms with Crippen molar-refractivity contribution in [1.29, 1.82) is 0 Å². The van der Waals surface area contributed by atoms with E-state index in [9.17, 15) is 8.78 Å². The fourth-order valence-corrected chi connectivity index (χ4v) is 4.05. The summed E-state index contributed by atoms with van der Waals surface area (Å²) in [6, 6.07) is 7.18. The van der Waals surface area contributed by atoms with E-state index in [0.717, 1.165) is 17.3 Å². The molecule has 0 spiro atoms. The molecule has 0 fully saturated rings. The van der Waals surface area contributed by atoms with E-state index in [0.29, 0.717) is 22.3 Å². The second-order valence-corrected chi connectivity index (χ2v) is 7.47. The molecule has 0 aliphatic heterocycles. The fraction of sp³-hybridized carbons (Fsp3) is 0.263. The first kappa shape index (κ1) is 19.9. The second-order valence-electron chi connectivity index (χ2n) is 6.41. The highest BCUT2D eigenvalue weighted by Crippen LogP contribution is 2.35. The van der Waals surface area contributed by atoms with E-state index in [2.05, 4.69) is 20.0 Å². The molecule has 144 valence electrons. The third kappa shape index (κ3) is 4.68. The van der Waals surface area contributed by atoms with Gasteiger partial charge >= 0.3 is 0 Å². The summed E-state index contributed by atoms with van der Waals surface area (Å²) in [4.78, 5) is 11.9. The van der Waals surface area contributed by atoms with E-state index in [1.165, 1.54) is 23.9 Å². The summed E-state index contributed by atoms with van der Waals surface area (Å²) >= 11 is 1.19. The highest BCUT2D eigenvalue weighted by molar-refractivity contribution is 7.99. The summed E-state index contributed by atoms with van der Waals surface area (Å²) < 4.78 is 29.2. The van der Waals surface area contributed by atoms with Crippen LogP contribution in [0.5, 0.6) is 0 Å². The molecule has 1 aromatic carbocycles. The summed E-state index contributed by atoms with van der Waals surface area (Å²) in [6.45, 7) is 4.65. The van der Waals surface area contributed by atoms with E-state index in [1.807, 2.05) is 30.5 Å². The maximum Gasteiger partial charge on any atom is 0.127 e. The Morgan fingerprint density at radius 3 is 2.46 bits per heavy atom. The summed E-state index contributed by atoms with van der Waals surface area (Å²) in [6.07, 6.45) is 3.42. The molecule has 28 heavy (non-hydrogen) atoms. The molecule has 3 rings (SSSR count). The maximum atomic E-state index is 13.6. The predicted molar refractivity (Wildman–Crippen MR) is 103 cm³/mol. The third-order valence-corrected chi connectivity index (χ3v) is 4.98. The minimum atomic E-state index is -0.640. The maximum absolute atomic E-state index is 13.6. The van der Waals surface area contributed by atoms with Crippen molar-refractivity contribution in [3.63, 3.8) is 0 Å². The minimum Gasteiger partial charge on any atom is -0.326 e. The van der Waals surface area contributed by atoms with Crippen molar-refractivity contribution in [2.45, 2.75) is 42.8 Å². The number of azide groups is 1. The minimum absolute atomic E-state index is 0.0827. The van der Waals surface area contributed by atoms with Crippen LogP contribution in [0, 0.1) is 11.6 Å². The number of pyridine rings is 1. The van der Waals surface area contributed by atoms with E-state index in [-0.39, 0.29) is 12.5 Å². The molecule has 2 aromatic heterocycles. The van der Waals surface area contributed by atoms with Crippen molar-refractivity contribution >= 4 is 11.8 Å². The summed E-state index contributed by atoms with van der Waals surface area (Å²) in [5.74, 6) is -0.592. The largest absolute Gasteiger partial charge is 0.326 e. The molecule has 0 saturated carbocycles. The molecule has 0 aliphatic carbocycles. The molecule has 2 heterocycles. The number of hydrogen-bond donors (Lipinski definition) is 0. The Bertz CT molecular complexity index is 993. The van der Waals surface area contributed by atoms with Gasteiger partial charge in [-0.1, -0.05) is 30.7 Å². The predicted octanol–water partition coefficient (Wildman–Crippen LogP) is 5.69. The van der Waals surface area contributed by atoms with E-state index in [1.54, 1.807) is 12.4 Å². The number of rotatable bonds is 7. The first-order valence-electron chi connectivity index (χ1n) is 8.61. The number of imidazole rings is 1. The van der Waals surface area contributed by atoms with Crippen molar-refractivity contribution in [3.05, 3.63) is 81.9 Å². The molecular weight excluding hydrogens is 382 g/mol. The van der Waals surface area contributed by atoms with Gasteiger partial charge in [-0.2, -0.15) is 0 Å². The smallest absolute Gasteiger partial charge is 0.127 e. The van der Waals surface area contributed by atoms with Gasteiger partial charge in [0.1, 0.15) is 22.5 Å². The molecule has 0 bridgehead atoms. The Balaban J connectivity index is 2.07. The highest BCUT2D eigenvalue weighted by atomic mass is 32.2. The van der Waals surface area contributed by atoms with Gasteiger partial charge in [-0.3, -0.25) is 4.98 Å². The number of halogens is 2. The lowest BCUT2D eigenvalue weighted by molar-refractivity contribution is 0.577. The van der Waals surface area contributed by atoms with Gasteiger partial charge in [0.15, 0.2) is 0 Å². The Kier molecular flexibility index (Phi) is 6.28. The standard InChI is InChI=1S/C19H18F2N6S/c1-12(2)18-19(28-16-8-14(20)7-15(21)9-16)25-17(10-24-26-22)27(18)11-13-3-5-23-6-4-13/h3-9,12H,10-11H2,1-2H3. The first-order valence-corrected chi connectivity index (χ1v) is 9.42. The van der Waals surface area contributed by atoms with Crippen LogP contribution in [-0.4, -0.2) is 14.5 Å². The van der Waals surface area contributed by atoms with Gasteiger partial charge in [0.05, 0.1) is 12.2 Å². The summed E-state index contributed by atoms with van der Waals surface area (Å²) in [5, 5.41) is 4.29. The molecule has 3 aromatic rings. The van der Waals surface area contributed by atoms with Crippen molar-refractivity contribution in [1.82, 2.24) is 14.5 Å². The summed E-state index contributed by atoms with van der Waals surface area (Å²) in [5.41, 5.74) is 10.6. The van der Waals surface area contributed by atoms with Gasteiger partial charge < -0.3 is 4.57 Å². The van der Waals surface area contributed by atoms with E-state index in [4.69, 9.17) is 5.53 Å². The van der Waals surface area contributed by atoms with Crippen molar-refractivity contribution in [3.8, 4) is 0 Å². The monoisotopic (exact) mass is 400 g/mol. The zero-order valence-corrected chi connectivity index (χ0v) is 16.2. The average molecular weight is 400 g/mol. The number of nitrogens with zero attached hydrogens (tertiary/aromatic N) is 6. The van der Waals surface area contributed by atoms with Crippen LogP contribution in [0.3, 0.4) is 0 Å². The van der Waals surface area contributed by atoms with Crippen LogP contribution in [0.15, 0.2) is 57.8 Å². The summed E-state index contributed by atoms with van der Waals surface area (Å²) in [7, 11) is 0. The van der Waals surface area contributed by atoms with Crippen LogP contribution in [0.25, 0.3) is 10.4 Å². The van der Waals surface area contributed by atoms with Crippen LogP contribution in [0.2, 0.25) is 0 Å². The Labute approximate surface area is 165 Å². The third-order valence-electron chi connectivity index (χ3n) is 4.01. The molecule has 0 radical (unpaired) electrons. The van der Waals surface area contributed by atoms with Crippen LogP contribution in [0.1, 0.15) is 36.8 Å². The molecular formula is C19H18F2N6S. The van der Waals surface area contributed by atoms with Crippen LogP contribution < -0.4 is 0 Å². The lowest BCUT2D eigenvalue weighted by Crippen LogP contribution is -2.10. The SMILES string of the molecule is CC(C)c1c(Sc2cc(F)cc(F)c2)nc(CN=[N+]=[N-])n1Cc1ccncc1. The van der Waals surface area contributed by atoms with Gasteiger partial charge in [0.25, 0.3) is 0 Å². The molecule has 0 atom stereocenters. The average Bonchev–Trinajstić information content (AvgIpc) is 2.97. The van der Waals surface area contributed by atoms with Crippen LogP contribution in [0.4, 0.5) is 8.78 Å². The molecule has 0 unspecified atom stereocenters. The molecule has 0 amide bonds. The number of benzene rings is 1. The molecule has 6 nitrogen and oxygen atoms in total. The number of aromatic nitrogens is 3. The zero-order chi connectivity index (χ0) is 20.1. The molecule has 0 saturated heterocycles. The van der Waals surface area contributed by atoms with Crippen molar-refractivity contribution < 1.29 is 8.78 Å². The molecule has 0 N–H and O–H groups in total. The van der Waals surface area contributed by atoms with E-state index < -0.39 is 11.6 Å². The van der Waals surface area contributed by atoms with Gasteiger partial charge in [-0.25, -0.2) is 13.8 Å². The van der Waals surface area contributed by atoms with Gasteiger partial charge in [0, 0.05) is 34.8 Å². The lowest BCUT2D eigenvalue weighted by Gasteiger charge is -2.15. The first-order chi connectivity index (χ1) is 13.5. The van der Waals surface area contributed by atoms with Gasteiger partial charge in [-0.05, 0) is 41.3 Å². The zero-order valence-electron chi connectivity index (χ0n) is 15.4. The van der Waals surface area contributed by atoms with E-state index >= 15 is 0 Å². The van der Waals surface area contributed by atoms with Crippen LogP contribution in [-0.2, 0) is 13.1 Å². The Hall–Kier alpha value is -2.90. The molecule has 9 heteroatoms. The Morgan fingerprint density at radius 1 is 1.18 bits per heavy atom. The normalized spacial score (nSPS) is 10.9. The van der Waals surface area contributed by atoms with Gasteiger partial charge in [0.2, 0.25) is 0 Å². The lowest BCUT2D eigenvalue weighted by atomic mass is 10.1. The van der Waals surface area contributed by atoms with Crippen LogP contribution >= 0.6 is 11.8 Å². The number of hydrogen-bond acceptors (Lipinski definition) is 4.